The molecule has 0 spiro atoms. The van der Waals surface area contributed by atoms with Crippen LogP contribution in [0.5, 0.6) is 0 Å². The molecule has 0 bridgehead atoms. The molecule has 1 saturated heterocycles. The summed E-state index contributed by atoms with van der Waals surface area (Å²) in [5.74, 6) is 0.800. The maximum Gasteiger partial charge on any atom is 0.181 e. The highest BCUT2D eigenvalue weighted by Crippen LogP contribution is 2.07. The van der Waals surface area contributed by atoms with Gasteiger partial charge in [-0.1, -0.05) is 0 Å². The van der Waals surface area contributed by atoms with E-state index in [1.165, 1.54) is 0 Å². The van der Waals surface area contributed by atoms with Gasteiger partial charge in [0.25, 0.3) is 0 Å². The summed E-state index contributed by atoms with van der Waals surface area (Å²) in [5.41, 5.74) is 0. The summed E-state index contributed by atoms with van der Waals surface area (Å²) < 4.78 is 20.9. The van der Waals surface area contributed by atoms with Crippen molar-refractivity contribution in [1.29, 1.82) is 0 Å². The lowest BCUT2D eigenvalue weighted by molar-refractivity contribution is -0.218. The van der Waals surface area contributed by atoms with E-state index >= 15 is 0 Å². The third-order valence-corrected chi connectivity index (χ3v) is 1.78. The maximum absolute atomic E-state index is 5.39. The fraction of sp³-hybridized carbons (Fsp3) is 0.556. The molecule has 4 nitrogen and oxygen atoms in total. The number of ether oxygens (including phenoxy) is 3. The summed E-state index contributed by atoms with van der Waals surface area (Å²) in [7, 11) is 0. The molecule has 0 amide bonds. The molecule has 1 unspecified atom stereocenters. The maximum atomic E-state index is 5.39. The highest BCUT2D eigenvalue weighted by atomic mass is 16.7. The number of hydrogen-bond acceptors (Lipinski definition) is 4. The Morgan fingerprint density at radius 2 is 2.46 bits per heavy atom. The zero-order valence-electron chi connectivity index (χ0n) is 7.27. The van der Waals surface area contributed by atoms with E-state index in [1.54, 1.807) is 6.26 Å². The first-order chi connectivity index (χ1) is 6.45. The summed E-state index contributed by atoms with van der Waals surface area (Å²) in [4.78, 5) is 0. The normalized spacial score (nSPS) is 23.2. The lowest BCUT2D eigenvalue weighted by Gasteiger charge is -2.22. The van der Waals surface area contributed by atoms with Crippen LogP contribution >= 0.6 is 0 Å². The molecule has 1 fully saturated rings. The van der Waals surface area contributed by atoms with Crippen LogP contribution in [0.2, 0.25) is 0 Å². The second-order valence-corrected chi connectivity index (χ2v) is 2.77. The first-order valence-electron chi connectivity index (χ1n) is 4.28. The summed E-state index contributed by atoms with van der Waals surface area (Å²) in [6, 6.07) is 3.70. The predicted molar refractivity (Wildman–Crippen MR) is 44.1 cm³/mol. The zero-order chi connectivity index (χ0) is 8.93. The second kappa shape index (κ2) is 4.41. The van der Waals surface area contributed by atoms with Crippen molar-refractivity contribution < 1.29 is 18.6 Å². The van der Waals surface area contributed by atoms with Crippen LogP contribution in [0.4, 0.5) is 0 Å². The Balaban J connectivity index is 1.72. The molecule has 0 radical (unpaired) electrons. The van der Waals surface area contributed by atoms with Gasteiger partial charge in [0, 0.05) is 0 Å². The third kappa shape index (κ3) is 2.55. The van der Waals surface area contributed by atoms with Crippen LogP contribution in [0.15, 0.2) is 22.8 Å². The van der Waals surface area contributed by atoms with Gasteiger partial charge in [-0.3, -0.25) is 0 Å². The van der Waals surface area contributed by atoms with Crippen LogP contribution in [0.25, 0.3) is 0 Å². The van der Waals surface area contributed by atoms with Gasteiger partial charge in [0.2, 0.25) is 0 Å². The monoisotopic (exact) mass is 184 g/mol. The topological polar surface area (TPSA) is 40.8 Å². The van der Waals surface area contributed by atoms with Gasteiger partial charge in [-0.2, -0.15) is 0 Å². The van der Waals surface area contributed by atoms with Crippen molar-refractivity contribution in [2.45, 2.75) is 12.9 Å². The predicted octanol–water partition coefficient (Wildman–Crippen LogP) is 1.17. The summed E-state index contributed by atoms with van der Waals surface area (Å²) in [6.45, 7) is 2.19. The van der Waals surface area contributed by atoms with Gasteiger partial charge in [0.15, 0.2) is 6.29 Å². The molecule has 2 heterocycles. The molecule has 4 heteroatoms. The van der Waals surface area contributed by atoms with Crippen molar-refractivity contribution in [1.82, 2.24) is 0 Å². The lowest BCUT2D eigenvalue weighted by Crippen LogP contribution is -2.30. The van der Waals surface area contributed by atoms with Gasteiger partial charge in [-0.25, -0.2) is 0 Å². The Bertz CT molecular complexity index is 226. The average Bonchev–Trinajstić information content (AvgIpc) is 2.69. The Hall–Kier alpha value is -0.840. The van der Waals surface area contributed by atoms with Crippen LogP contribution in [0.1, 0.15) is 5.76 Å². The average molecular weight is 184 g/mol. The molecule has 13 heavy (non-hydrogen) atoms. The number of hydrogen-bond donors (Lipinski definition) is 0. The minimum Gasteiger partial charge on any atom is -0.467 e. The van der Waals surface area contributed by atoms with E-state index in [2.05, 4.69) is 0 Å². The Morgan fingerprint density at radius 3 is 3.15 bits per heavy atom. The van der Waals surface area contributed by atoms with E-state index in [4.69, 9.17) is 18.6 Å². The molecule has 1 atom stereocenters. The number of furan rings is 1. The van der Waals surface area contributed by atoms with Gasteiger partial charge in [-0.15, -0.1) is 0 Å². The fourth-order valence-electron chi connectivity index (χ4n) is 1.13. The van der Waals surface area contributed by atoms with Gasteiger partial charge < -0.3 is 18.6 Å². The van der Waals surface area contributed by atoms with Crippen LogP contribution < -0.4 is 0 Å². The van der Waals surface area contributed by atoms with E-state index < -0.39 is 0 Å². The largest absolute Gasteiger partial charge is 0.467 e. The van der Waals surface area contributed by atoms with E-state index in [1.807, 2.05) is 12.1 Å². The third-order valence-electron chi connectivity index (χ3n) is 1.78. The van der Waals surface area contributed by atoms with Gasteiger partial charge in [-0.05, 0) is 12.1 Å². The van der Waals surface area contributed by atoms with Crippen LogP contribution in [-0.4, -0.2) is 26.1 Å². The van der Waals surface area contributed by atoms with Gasteiger partial charge in [0.05, 0.1) is 26.1 Å². The minimum atomic E-state index is -0.251. The first-order valence-corrected chi connectivity index (χ1v) is 4.28. The van der Waals surface area contributed by atoms with Crippen molar-refractivity contribution in [3.63, 3.8) is 0 Å². The molecule has 1 aromatic rings. The fourth-order valence-corrected chi connectivity index (χ4v) is 1.13. The van der Waals surface area contributed by atoms with Gasteiger partial charge >= 0.3 is 0 Å². The van der Waals surface area contributed by atoms with E-state index in [-0.39, 0.29) is 6.29 Å². The van der Waals surface area contributed by atoms with Gasteiger partial charge in [0.1, 0.15) is 12.4 Å². The lowest BCUT2D eigenvalue weighted by atomic mass is 10.5. The first kappa shape index (κ1) is 8.74. The Morgan fingerprint density at radius 1 is 1.46 bits per heavy atom. The van der Waals surface area contributed by atoms with E-state index in [0.717, 1.165) is 5.76 Å². The van der Waals surface area contributed by atoms with E-state index in [0.29, 0.717) is 26.4 Å². The molecular formula is C9H12O4. The highest BCUT2D eigenvalue weighted by molar-refractivity contribution is 4.96. The Labute approximate surface area is 76.4 Å². The van der Waals surface area contributed by atoms with Crippen molar-refractivity contribution in [2.75, 3.05) is 19.8 Å². The molecule has 0 aliphatic carbocycles. The standard InChI is InChI=1S/C9H12O4/c1-2-8(11-3-1)6-13-9-7-10-4-5-12-9/h1-3,9H,4-7H2. The molecule has 72 valence electrons. The van der Waals surface area contributed by atoms with Crippen molar-refractivity contribution in [2.24, 2.45) is 0 Å². The summed E-state index contributed by atoms with van der Waals surface area (Å²) >= 11 is 0. The van der Waals surface area contributed by atoms with Crippen molar-refractivity contribution >= 4 is 0 Å². The van der Waals surface area contributed by atoms with E-state index in [9.17, 15) is 0 Å². The van der Waals surface area contributed by atoms with Crippen molar-refractivity contribution in [3.05, 3.63) is 24.2 Å². The molecule has 2 rings (SSSR count). The molecule has 1 aliphatic rings. The quantitative estimate of drug-likeness (QED) is 0.707. The van der Waals surface area contributed by atoms with Crippen LogP contribution in [0.3, 0.4) is 0 Å². The van der Waals surface area contributed by atoms with Crippen LogP contribution in [-0.2, 0) is 20.8 Å². The smallest absolute Gasteiger partial charge is 0.181 e. The summed E-state index contributed by atoms with van der Waals surface area (Å²) in [5, 5.41) is 0. The zero-order valence-corrected chi connectivity index (χ0v) is 7.27. The molecular weight excluding hydrogens is 172 g/mol. The molecule has 0 saturated carbocycles. The SMILES string of the molecule is c1coc(COC2COCCO2)c1. The molecule has 0 N–H and O–H groups in total. The molecule has 0 aromatic carbocycles. The highest BCUT2D eigenvalue weighted by Gasteiger charge is 2.14. The summed E-state index contributed by atoms with van der Waals surface area (Å²) in [6.07, 6.45) is 1.37. The molecule has 1 aromatic heterocycles. The Kier molecular flexibility index (Phi) is 2.97. The number of rotatable bonds is 3. The molecule has 1 aliphatic heterocycles. The van der Waals surface area contributed by atoms with Crippen LogP contribution in [0, 0.1) is 0 Å². The minimum absolute atomic E-state index is 0.251. The second-order valence-electron chi connectivity index (χ2n) is 2.77. The van der Waals surface area contributed by atoms with Crippen molar-refractivity contribution in [3.8, 4) is 0 Å².